The van der Waals surface area contributed by atoms with E-state index in [-0.39, 0.29) is 10.7 Å². The second-order valence-electron chi connectivity index (χ2n) is 33.4. The number of hydrogen-bond donors (Lipinski definition) is 0. The highest BCUT2D eigenvalue weighted by atomic mass is 32.2. The number of benzene rings is 5. The van der Waals surface area contributed by atoms with Gasteiger partial charge in [-0.05, 0) is 165 Å². The lowest BCUT2D eigenvalue weighted by Gasteiger charge is -2.44. The maximum atomic E-state index is 13.2. The van der Waals surface area contributed by atoms with Crippen LogP contribution < -0.4 is 9.47 Å². The molecule has 10 saturated heterocycles. The van der Waals surface area contributed by atoms with Gasteiger partial charge in [0, 0.05) is 181 Å². The number of rotatable bonds is 20. The van der Waals surface area contributed by atoms with E-state index in [0.29, 0.717) is 134 Å². The highest BCUT2D eigenvalue weighted by Crippen LogP contribution is 2.45. The minimum Gasteiger partial charge on any atom is -0.497 e. The van der Waals surface area contributed by atoms with Crippen molar-refractivity contribution < 1.29 is 96.9 Å². The second kappa shape index (κ2) is 44.2. The smallest absolute Gasteiger partial charge is 0.335 e. The van der Waals surface area contributed by atoms with Crippen molar-refractivity contribution in [2.75, 3.05) is 172 Å². The molecule has 16 rings (SSSR count). The van der Waals surface area contributed by atoms with Gasteiger partial charge in [-0.2, -0.15) is 38.4 Å². The van der Waals surface area contributed by atoms with Crippen molar-refractivity contribution in [1.82, 2.24) is 46.0 Å². The summed E-state index contributed by atoms with van der Waals surface area (Å²) >= 11 is -1.50. The SMILES string of the molecule is CCCCN1CCC2(CC1)OCCN2S(=O)(=O)c1ccc(OC)cc1.CCN1CCC2(CC1)OCCN2S(=O)(=O)c1ccc(C(C)=O)cc1.COc1ccc(S(=O)(=O)N2CCOC23CCN(C(C)C)CC3)cc1.Cc1ccc(S(=O)(=O)N2CCOC23CCN(C)CC3)cc1.Cc1ccc(S(=O)(=O)N2CCOC23CCN(CC2CC2)CC3)cc1.O=S=O.O=S=O. The number of Topliss-reactive ketones (excluding diaryl/α,β-unsaturated/α-hetero) is 1. The Morgan fingerprint density at radius 1 is 0.403 bits per heavy atom. The maximum Gasteiger partial charge on any atom is 0.335 e. The highest BCUT2D eigenvalue weighted by Gasteiger charge is 2.56. The topological polar surface area (TPSA) is 353 Å². The number of ketones is 1. The number of piperidine rings is 5. The third-order valence-electron chi connectivity index (χ3n) is 25.4. The Bertz CT molecular complexity index is 4940. The molecular formula is C85H126N10O22S7. The maximum absolute atomic E-state index is 13.2. The van der Waals surface area contributed by atoms with Crippen molar-refractivity contribution in [2.45, 2.75) is 198 Å². The van der Waals surface area contributed by atoms with Crippen LogP contribution in [-0.4, -0.2) is 318 Å². The number of nitrogens with zero attached hydrogens (tertiary/aromatic N) is 10. The van der Waals surface area contributed by atoms with Crippen LogP contribution >= 0.6 is 0 Å². The molecule has 0 radical (unpaired) electrons. The van der Waals surface area contributed by atoms with Crippen LogP contribution in [-0.2, 0) is 96.9 Å². The van der Waals surface area contributed by atoms with Gasteiger partial charge in [-0.15, -0.1) is 0 Å². The van der Waals surface area contributed by atoms with Crippen LogP contribution in [0.5, 0.6) is 11.5 Å². The average molecular weight is 1860 g/mol. The molecule has 1 saturated carbocycles. The molecule has 10 aliphatic heterocycles. The molecule has 690 valence electrons. The number of methoxy groups -OCH3 is 2. The summed E-state index contributed by atoms with van der Waals surface area (Å²) in [5.41, 5.74) is -0.733. The molecule has 124 heavy (non-hydrogen) atoms. The number of ether oxygens (including phenoxy) is 7. The van der Waals surface area contributed by atoms with E-state index >= 15 is 0 Å². The fraction of sp³-hybridized carbons (Fsp3) is 0.635. The first kappa shape index (κ1) is 100. The first-order chi connectivity index (χ1) is 59.1. The third-order valence-corrected chi connectivity index (χ3v) is 35.3. The van der Waals surface area contributed by atoms with Gasteiger partial charge in [0.15, 0.2) is 5.78 Å². The van der Waals surface area contributed by atoms with Crippen molar-refractivity contribution in [3.05, 3.63) is 138 Å². The van der Waals surface area contributed by atoms with Crippen LogP contribution in [0.2, 0.25) is 0 Å². The van der Waals surface area contributed by atoms with Crippen molar-refractivity contribution in [3.63, 3.8) is 0 Å². The molecule has 0 N–H and O–H groups in total. The molecule has 0 bridgehead atoms. The number of aryl methyl sites for hydroxylation is 2. The molecule has 39 heteroatoms. The Hall–Kier alpha value is -5.84. The van der Waals surface area contributed by atoms with Gasteiger partial charge in [0.05, 0.1) is 71.7 Å². The first-order valence-corrected chi connectivity index (χ1v) is 51.4. The third kappa shape index (κ3) is 23.8. The van der Waals surface area contributed by atoms with E-state index in [1.54, 1.807) is 116 Å². The molecule has 11 aliphatic rings. The predicted molar refractivity (Wildman–Crippen MR) is 469 cm³/mol. The monoisotopic (exact) mass is 1860 g/mol. The lowest BCUT2D eigenvalue weighted by Crippen LogP contribution is -2.55. The zero-order valence-electron chi connectivity index (χ0n) is 73.2. The highest BCUT2D eigenvalue weighted by molar-refractivity contribution is 7.90. The molecule has 5 aromatic carbocycles. The Morgan fingerprint density at radius 3 is 0.935 bits per heavy atom. The van der Waals surface area contributed by atoms with Gasteiger partial charge < -0.3 is 57.7 Å². The molecule has 0 atom stereocenters. The minimum atomic E-state index is -3.63. The first-order valence-electron chi connectivity index (χ1n) is 42.9. The van der Waals surface area contributed by atoms with Gasteiger partial charge in [0.2, 0.25) is 50.1 Å². The summed E-state index contributed by atoms with van der Waals surface area (Å²) in [6, 6.07) is 33.9. The van der Waals surface area contributed by atoms with Gasteiger partial charge in [-0.3, -0.25) is 4.79 Å². The summed E-state index contributed by atoms with van der Waals surface area (Å²) in [6.07, 6.45) is 12.3. The van der Waals surface area contributed by atoms with E-state index in [1.807, 2.05) is 38.1 Å². The summed E-state index contributed by atoms with van der Waals surface area (Å²) in [6.45, 7) is 30.4. The number of likely N-dealkylation sites (tertiary alicyclic amines) is 5. The van der Waals surface area contributed by atoms with Crippen LogP contribution in [0.25, 0.3) is 0 Å². The average Bonchev–Trinajstić information content (AvgIpc) is 1.58. The zero-order valence-corrected chi connectivity index (χ0v) is 78.9. The summed E-state index contributed by atoms with van der Waals surface area (Å²) in [5.74, 6) is 2.09. The molecule has 0 aromatic heterocycles. The van der Waals surface area contributed by atoms with Crippen LogP contribution in [0.1, 0.15) is 146 Å². The normalized spacial score (nSPS) is 22.1. The Labute approximate surface area is 741 Å². The molecule has 5 spiro atoms. The number of carbonyl (C=O) groups excluding carboxylic acids is 1. The van der Waals surface area contributed by atoms with E-state index in [4.69, 9.17) is 50.0 Å². The lowest BCUT2D eigenvalue weighted by molar-refractivity contribution is -0.0943. The van der Waals surface area contributed by atoms with Gasteiger partial charge in [-0.25, -0.2) is 42.1 Å². The Balaban J connectivity index is 0.000000159. The van der Waals surface area contributed by atoms with E-state index in [9.17, 15) is 46.9 Å². The minimum absolute atomic E-state index is 0.0770. The van der Waals surface area contributed by atoms with E-state index in [2.05, 4.69) is 59.2 Å². The van der Waals surface area contributed by atoms with Crippen molar-refractivity contribution >= 4 is 79.0 Å². The largest absolute Gasteiger partial charge is 0.497 e. The van der Waals surface area contributed by atoms with E-state index < -0.39 is 102 Å². The molecular weight excluding hydrogens is 1740 g/mol. The summed E-state index contributed by atoms with van der Waals surface area (Å²) in [4.78, 5) is 24.7. The molecule has 1 aliphatic carbocycles. The van der Waals surface area contributed by atoms with Gasteiger partial charge in [-0.1, -0.05) is 67.8 Å². The number of hydrogen-bond acceptors (Lipinski definition) is 27. The fourth-order valence-electron chi connectivity index (χ4n) is 17.9. The molecule has 32 nitrogen and oxygen atoms in total. The molecule has 0 amide bonds. The molecule has 0 unspecified atom stereocenters. The number of sulfonamides is 5. The number of unbranched alkanes of at least 4 members (excludes halogenated alkanes) is 1. The Morgan fingerprint density at radius 2 is 0.669 bits per heavy atom. The lowest BCUT2D eigenvalue weighted by atomic mass is 10.00. The second-order valence-corrected chi connectivity index (χ2v) is 42.9. The predicted octanol–water partition coefficient (Wildman–Crippen LogP) is 8.26. The van der Waals surface area contributed by atoms with E-state index in [0.717, 1.165) is 134 Å². The van der Waals surface area contributed by atoms with Gasteiger partial charge >= 0.3 is 23.1 Å². The van der Waals surface area contributed by atoms with Crippen LogP contribution in [0.3, 0.4) is 0 Å². The van der Waals surface area contributed by atoms with Crippen LogP contribution in [0, 0.1) is 19.8 Å². The quantitative estimate of drug-likeness (QED) is 0.0661. The summed E-state index contributed by atoms with van der Waals surface area (Å²) < 4.78 is 212. The summed E-state index contributed by atoms with van der Waals surface area (Å²) in [5, 5.41) is 0. The van der Waals surface area contributed by atoms with Gasteiger partial charge in [0.1, 0.15) is 40.1 Å². The molecule has 10 heterocycles. The van der Waals surface area contributed by atoms with Gasteiger partial charge in [0.25, 0.3) is 0 Å². The molecule has 11 fully saturated rings. The van der Waals surface area contributed by atoms with Crippen LogP contribution in [0.15, 0.2) is 146 Å². The standard InChI is InChI=1S/C18H28N2O4S.C18H26N2O3S.C17H26N2O4S.C17H24N2O4S.C15H22N2O3S.2O2S/c1-3-4-11-19-12-9-18(10-13-19)20(14-15-24-18)25(21,22)17-7-5-16(23-2)6-8-17;1-15-2-6-17(7-3-15)24(21,22)20-12-13-23-18(20)8-10-19(11-9-18)14-16-4-5-16;1-14(2)18-10-8-17(9-11-18)19(12-13-23-17)24(20,21)16-6-4-15(22-3)5-7-16;1-3-18-10-8-17(9-11-18)19(12-13-23-17)24(21,22)16-6-4-15(5-7-16)14(2)20;1-13-3-5-14(6-4-13)21(18,19)17-11-12-20-15(17)7-9-16(2)10-8-15;2*1-3-2/h5-8H,3-4,9-15H2,1-2H3;2-3,6-7,16H,4-5,8-14H2,1H3;4-7,14H,8-13H2,1-3H3;4-7H,3,8-13H2,1-2H3;3-6H,7-12H2,1-2H3;;. The molecule has 5 aromatic rings. The van der Waals surface area contributed by atoms with Crippen molar-refractivity contribution in [2.24, 2.45) is 5.92 Å². The summed E-state index contributed by atoms with van der Waals surface area (Å²) in [7, 11) is -12.6. The van der Waals surface area contributed by atoms with Crippen LogP contribution in [0.4, 0.5) is 0 Å². The van der Waals surface area contributed by atoms with Crippen molar-refractivity contribution in [3.8, 4) is 11.5 Å². The van der Waals surface area contributed by atoms with Crippen molar-refractivity contribution in [1.29, 1.82) is 0 Å². The zero-order chi connectivity index (χ0) is 89.9. The van der Waals surface area contributed by atoms with E-state index in [1.165, 1.54) is 55.6 Å². The fourth-order valence-corrected chi connectivity index (χ4v) is 26.5. The Kier molecular flexibility index (Phi) is 35.7. The number of carbonyl (C=O) groups is 1.